The quantitative estimate of drug-likeness (QED) is 0.733. The van der Waals surface area contributed by atoms with Crippen molar-refractivity contribution in [1.29, 1.82) is 0 Å². The molecular weight excluding hydrogens is 186 g/mol. The molecule has 0 aliphatic carbocycles. The molecule has 0 aromatic carbocycles. The maximum absolute atomic E-state index is 5.73. The second-order valence-corrected chi connectivity index (χ2v) is 4.49. The fourth-order valence-corrected chi connectivity index (χ4v) is 2.81. The molecule has 2 fully saturated rings. The molecule has 1 aromatic heterocycles. The normalized spacial score (nSPS) is 37.1. The van der Waals surface area contributed by atoms with Gasteiger partial charge in [-0.25, -0.2) is 4.98 Å². The van der Waals surface area contributed by atoms with Crippen LogP contribution in [0, 0.1) is 0 Å². The van der Waals surface area contributed by atoms with E-state index in [-0.39, 0.29) is 0 Å². The van der Waals surface area contributed by atoms with Gasteiger partial charge in [0.1, 0.15) is 5.82 Å². The van der Waals surface area contributed by atoms with Crippen LogP contribution in [0.5, 0.6) is 0 Å². The smallest absolute Gasteiger partial charge is 0.199 e. The van der Waals surface area contributed by atoms with Crippen LogP contribution in [-0.4, -0.2) is 21.6 Å². The number of anilines is 1. The van der Waals surface area contributed by atoms with Gasteiger partial charge in [0.05, 0.1) is 12.2 Å². The summed E-state index contributed by atoms with van der Waals surface area (Å²) in [5.41, 5.74) is 5.55. The lowest BCUT2D eigenvalue weighted by Crippen LogP contribution is -2.15. The summed E-state index contributed by atoms with van der Waals surface area (Å²) >= 11 is 1.28. The van der Waals surface area contributed by atoms with E-state index in [0.717, 1.165) is 18.7 Å². The largest absolute Gasteiger partial charge is 0.374 e. The van der Waals surface area contributed by atoms with Crippen molar-refractivity contribution in [2.24, 2.45) is 0 Å². The summed E-state index contributed by atoms with van der Waals surface area (Å²) in [6.07, 6.45) is 4.27. The number of nitrogens with two attached hydrogens (primary N) is 1. The van der Waals surface area contributed by atoms with Gasteiger partial charge in [-0.15, -0.1) is 0 Å². The second-order valence-electron chi connectivity index (χ2n) is 3.71. The molecule has 70 valence electrons. The molecule has 3 unspecified atom stereocenters. The van der Waals surface area contributed by atoms with Crippen LogP contribution in [0.1, 0.15) is 31.0 Å². The Morgan fingerprint density at radius 1 is 1.46 bits per heavy atom. The van der Waals surface area contributed by atoms with Crippen molar-refractivity contribution in [2.45, 2.75) is 37.4 Å². The minimum atomic E-state index is 0.360. The van der Waals surface area contributed by atoms with Gasteiger partial charge in [-0.2, -0.15) is 4.37 Å². The number of aromatic nitrogens is 2. The van der Waals surface area contributed by atoms with E-state index in [1.165, 1.54) is 18.0 Å². The number of hydrogen-bond acceptors (Lipinski definition) is 5. The van der Waals surface area contributed by atoms with Gasteiger partial charge in [0, 0.05) is 17.5 Å². The minimum absolute atomic E-state index is 0.360. The molecule has 2 bridgehead atoms. The van der Waals surface area contributed by atoms with Gasteiger partial charge in [0.15, 0.2) is 5.13 Å². The van der Waals surface area contributed by atoms with Gasteiger partial charge >= 0.3 is 0 Å². The van der Waals surface area contributed by atoms with Crippen molar-refractivity contribution >= 4 is 16.7 Å². The number of nitrogen functional groups attached to an aromatic ring is 1. The monoisotopic (exact) mass is 197 g/mol. The van der Waals surface area contributed by atoms with Gasteiger partial charge in [0.2, 0.25) is 0 Å². The van der Waals surface area contributed by atoms with Crippen molar-refractivity contribution in [3.63, 3.8) is 0 Å². The predicted octanol–water partition coefficient (Wildman–Crippen LogP) is 1.16. The van der Waals surface area contributed by atoms with E-state index in [1.807, 2.05) is 0 Å². The molecule has 2 aliphatic heterocycles. The van der Waals surface area contributed by atoms with E-state index in [4.69, 9.17) is 10.5 Å². The first-order valence-corrected chi connectivity index (χ1v) is 5.35. The number of rotatable bonds is 1. The molecule has 5 heteroatoms. The second kappa shape index (κ2) is 2.65. The minimum Gasteiger partial charge on any atom is -0.374 e. The van der Waals surface area contributed by atoms with Crippen molar-refractivity contribution < 1.29 is 4.74 Å². The van der Waals surface area contributed by atoms with Gasteiger partial charge in [-0.3, -0.25) is 0 Å². The highest BCUT2D eigenvalue weighted by Crippen LogP contribution is 2.43. The summed E-state index contributed by atoms with van der Waals surface area (Å²) in [5.74, 6) is 1.31. The summed E-state index contributed by atoms with van der Waals surface area (Å²) in [7, 11) is 0. The van der Waals surface area contributed by atoms with E-state index in [9.17, 15) is 0 Å². The molecule has 3 atom stereocenters. The fraction of sp³-hybridized carbons (Fsp3) is 0.750. The topological polar surface area (TPSA) is 61.0 Å². The SMILES string of the molecule is Nc1nc(C2CC3CCC2O3)ns1. The van der Waals surface area contributed by atoms with Gasteiger partial charge in [0.25, 0.3) is 0 Å². The van der Waals surface area contributed by atoms with Crippen LogP contribution < -0.4 is 5.73 Å². The molecule has 2 aliphatic rings. The van der Waals surface area contributed by atoms with Crippen LogP contribution in [0.25, 0.3) is 0 Å². The first kappa shape index (κ1) is 7.70. The first-order chi connectivity index (χ1) is 6.33. The standard InChI is InChI=1S/C8H11N3OS/c9-8-10-7(11-13-8)5-3-4-1-2-6(5)12-4/h4-6H,1-3H2,(H2,9,10,11). The summed E-state index contributed by atoms with van der Waals surface area (Å²) in [4.78, 5) is 4.22. The number of nitrogens with zero attached hydrogens (tertiary/aromatic N) is 2. The Balaban J connectivity index is 1.87. The van der Waals surface area contributed by atoms with Crippen LogP contribution in [0.15, 0.2) is 0 Å². The molecule has 13 heavy (non-hydrogen) atoms. The highest BCUT2D eigenvalue weighted by molar-refractivity contribution is 7.09. The average Bonchev–Trinajstić information content (AvgIpc) is 2.77. The Bertz CT molecular complexity index is 327. The Kier molecular flexibility index (Phi) is 1.57. The molecule has 0 amide bonds. The molecule has 1 aromatic rings. The summed E-state index contributed by atoms with van der Waals surface area (Å²) in [6.45, 7) is 0. The first-order valence-electron chi connectivity index (χ1n) is 4.57. The highest BCUT2D eigenvalue weighted by atomic mass is 32.1. The van der Waals surface area contributed by atoms with E-state index < -0.39 is 0 Å². The van der Waals surface area contributed by atoms with Crippen LogP contribution in [0.3, 0.4) is 0 Å². The van der Waals surface area contributed by atoms with Gasteiger partial charge in [-0.05, 0) is 19.3 Å². The van der Waals surface area contributed by atoms with Crippen molar-refractivity contribution in [1.82, 2.24) is 9.36 Å². The van der Waals surface area contributed by atoms with Crippen molar-refractivity contribution in [2.75, 3.05) is 5.73 Å². The Hall–Kier alpha value is -0.680. The zero-order valence-corrected chi connectivity index (χ0v) is 7.96. The molecule has 2 saturated heterocycles. The molecule has 2 N–H and O–H groups in total. The highest BCUT2D eigenvalue weighted by Gasteiger charge is 2.43. The maximum Gasteiger partial charge on any atom is 0.199 e. The van der Waals surface area contributed by atoms with Crippen LogP contribution in [0.4, 0.5) is 5.13 Å². The molecule has 0 spiro atoms. The molecule has 0 radical (unpaired) electrons. The molecule has 3 heterocycles. The van der Waals surface area contributed by atoms with Crippen LogP contribution >= 0.6 is 11.5 Å². The number of fused-ring (bicyclic) bond motifs is 2. The van der Waals surface area contributed by atoms with Crippen LogP contribution in [-0.2, 0) is 4.74 Å². The predicted molar refractivity (Wildman–Crippen MR) is 49.6 cm³/mol. The lowest BCUT2D eigenvalue weighted by molar-refractivity contribution is 0.1000. The van der Waals surface area contributed by atoms with Crippen molar-refractivity contribution in [3.05, 3.63) is 5.82 Å². The zero-order chi connectivity index (χ0) is 8.84. The molecule has 3 rings (SSSR count). The lowest BCUT2D eigenvalue weighted by Gasteiger charge is -2.14. The lowest BCUT2D eigenvalue weighted by atomic mass is 9.89. The third-order valence-corrected chi connectivity index (χ3v) is 3.45. The summed E-state index contributed by atoms with van der Waals surface area (Å²) in [5, 5.41) is 0.567. The van der Waals surface area contributed by atoms with Gasteiger partial charge in [-0.1, -0.05) is 0 Å². The molecule has 0 saturated carbocycles. The Morgan fingerprint density at radius 2 is 2.38 bits per heavy atom. The van der Waals surface area contributed by atoms with E-state index >= 15 is 0 Å². The zero-order valence-electron chi connectivity index (χ0n) is 7.14. The third kappa shape index (κ3) is 1.14. The molecular formula is C8H11N3OS. The maximum atomic E-state index is 5.73. The Morgan fingerprint density at radius 3 is 2.92 bits per heavy atom. The fourth-order valence-electron chi connectivity index (χ4n) is 2.31. The number of ether oxygens (including phenoxy) is 1. The van der Waals surface area contributed by atoms with E-state index in [1.54, 1.807) is 0 Å². The molecule has 4 nitrogen and oxygen atoms in total. The number of hydrogen-bond donors (Lipinski definition) is 1. The van der Waals surface area contributed by atoms with Crippen molar-refractivity contribution in [3.8, 4) is 0 Å². The summed E-state index contributed by atoms with van der Waals surface area (Å²) in [6, 6.07) is 0. The van der Waals surface area contributed by atoms with Crippen LogP contribution in [0.2, 0.25) is 0 Å². The average molecular weight is 197 g/mol. The Labute approximate surface area is 80.3 Å². The third-order valence-electron chi connectivity index (χ3n) is 2.90. The van der Waals surface area contributed by atoms with E-state index in [0.29, 0.717) is 23.3 Å². The van der Waals surface area contributed by atoms with Gasteiger partial charge < -0.3 is 10.5 Å². The van der Waals surface area contributed by atoms with E-state index in [2.05, 4.69) is 9.36 Å². The summed E-state index contributed by atoms with van der Waals surface area (Å²) < 4.78 is 9.97.